The van der Waals surface area contributed by atoms with Crippen molar-refractivity contribution < 1.29 is 5.11 Å². The van der Waals surface area contributed by atoms with Crippen LogP contribution in [-0.2, 0) is 0 Å². The molecule has 0 aliphatic rings. The van der Waals surface area contributed by atoms with Gasteiger partial charge < -0.3 is 5.11 Å². The fourth-order valence-corrected chi connectivity index (χ4v) is 0.880. The van der Waals surface area contributed by atoms with Crippen LogP contribution in [0.2, 0.25) is 0 Å². The van der Waals surface area contributed by atoms with Crippen LogP contribution in [0.4, 0.5) is 0 Å². The quantitative estimate of drug-likeness (QED) is 0.589. The SMILES string of the molecule is C[C@H](NCl)C(O)c1ccn[nH]1. The van der Waals surface area contributed by atoms with Crippen LogP contribution in [0.25, 0.3) is 0 Å². The number of halogens is 1. The second-order valence-corrected chi connectivity index (χ2v) is 2.57. The van der Waals surface area contributed by atoms with Crippen LogP contribution in [-0.4, -0.2) is 21.3 Å². The first-order valence-electron chi connectivity index (χ1n) is 3.29. The van der Waals surface area contributed by atoms with Crippen molar-refractivity contribution in [1.29, 1.82) is 0 Å². The number of H-pyrrole nitrogens is 1. The third kappa shape index (κ3) is 1.92. The van der Waals surface area contributed by atoms with E-state index in [4.69, 9.17) is 11.8 Å². The van der Waals surface area contributed by atoms with E-state index in [9.17, 15) is 5.11 Å². The summed E-state index contributed by atoms with van der Waals surface area (Å²) >= 11 is 5.32. The molecule has 62 valence electrons. The number of aliphatic hydroxyl groups is 1. The van der Waals surface area contributed by atoms with E-state index in [1.54, 1.807) is 19.2 Å². The lowest BCUT2D eigenvalue weighted by Gasteiger charge is -2.14. The summed E-state index contributed by atoms with van der Waals surface area (Å²) in [5.74, 6) is 0. The Labute approximate surface area is 69.7 Å². The zero-order valence-corrected chi connectivity index (χ0v) is 6.84. The minimum Gasteiger partial charge on any atom is -0.385 e. The van der Waals surface area contributed by atoms with E-state index in [0.29, 0.717) is 5.69 Å². The molecule has 1 heterocycles. The third-order valence-corrected chi connectivity index (χ3v) is 1.83. The Morgan fingerprint density at radius 2 is 2.55 bits per heavy atom. The zero-order valence-electron chi connectivity index (χ0n) is 6.08. The molecule has 0 saturated carbocycles. The Bertz CT molecular complexity index is 202. The fourth-order valence-electron chi connectivity index (χ4n) is 0.760. The van der Waals surface area contributed by atoms with Gasteiger partial charge in [0.2, 0.25) is 0 Å². The molecular weight excluding hydrogens is 166 g/mol. The van der Waals surface area contributed by atoms with Crippen molar-refractivity contribution in [2.24, 2.45) is 0 Å². The van der Waals surface area contributed by atoms with Crippen molar-refractivity contribution in [3.05, 3.63) is 18.0 Å². The molecule has 4 nitrogen and oxygen atoms in total. The van der Waals surface area contributed by atoms with E-state index >= 15 is 0 Å². The Morgan fingerprint density at radius 1 is 1.82 bits per heavy atom. The van der Waals surface area contributed by atoms with Crippen LogP contribution >= 0.6 is 11.8 Å². The third-order valence-electron chi connectivity index (χ3n) is 1.49. The molecule has 0 radical (unpaired) electrons. The van der Waals surface area contributed by atoms with Gasteiger partial charge in [0.15, 0.2) is 0 Å². The number of hydrogen-bond acceptors (Lipinski definition) is 3. The summed E-state index contributed by atoms with van der Waals surface area (Å²) < 4.78 is 0. The van der Waals surface area contributed by atoms with Gasteiger partial charge in [0.25, 0.3) is 0 Å². The first-order chi connectivity index (χ1) is 5.25. The standard InChI is InChI=1S/C6H10ClN3O/c1-4(9-7)6(11)5-2-3-8-10-5/h2-4,6,9,11H,1H3,(H,8,10)/t4-,6?/m0/s1. The molecule has 1 unspecified atom stereocenters. The van der Waals surface area contributed by atoms with Crippen molar-refractivity contribution in [3.63, 3.8) is 0 Å². The van der Waals surface area contributed by atoms with Gasteiger partial charge in [-0.3, -0.25) is 5.10 Å². The molecule has 3 N–H and O–H groups in total. The van der Waals surface area contributed by atoms with Crippen molar-refractivity contribution in [2.45, 2.75) is 19.1 Å². The van der Waals surface area contributed by atoms with Crippen LogP contribution < -0.4 is 4.84 Å². The number of aliphatic hydroxyl groups excluding tert-OH is 1. The molecule has 0 fully saturated rings. The molecule has 1 aromatic heterocycles. The van der Waals surface area contributed by atoms with Gasteiger partial charge >= 0.3 is 0 Å². The lowest BCUT2D eigenvalue weighted by Crippen LogP contribution is -2.25. The molecule has 0 saturated heterocycles. The summed E-state index contributed by atoms with van der Waals surface area (Å²) in [6.07, 6.45) is 0.939. The van der Waals surface area contributed by atoms with Gasteiger partial charge in [-0.2, -0.15) is 5.10 Å². The van der Waals surface area contributed by atoms with E-state index in [1.165, 1.54) is 0 Å². The Morgan fingerprint density at radius 3 is 3.00 bits per heavy atom. The second kappa shape index (κ2) is 3.71. The van der Waals surface area contributed by atoms with Crippen molar-refractivity contribution in [2.75, 3.05) is 0 Å². The summed E-state index contributed by atoms with van der Waals surface area (Å²) in [7, 11) is 0. The summed E-state index contributed by atoms with van der Waals surface area (Å²) in [5, 5.41) is 15.8. The van der Waals surface area contributed by atoms with Crippen LogP contribution in [0.1, 0.15) is 18.7 Å². The van der Waals surface area contributed by atoms with Gasteiger partial charge in [-0.25, -0.2) is 4.84 Å². The van der Waals surface area contributed by atoms with Crippen molar-refractivity contribution in [1.82, 2.24) is 15.0 Å². The highest BCUT2D eigenvalue weighted by Crippen LogP contribution is 2.12. The molecule has 0 aliphatic carbocycles. The second-order valence-electron chi connectivity index (χ2n) is 2.35. The van der Waals surface area contributed by atoms with Crippen LogP contribution in [0.5, 0.6) is 0 Å². The van der Waals surface area contributed by atoms with Gasteiger partial charge in [0.05, 0.1) is 11.7 Å². The Hall–Kier alpha value is -0.580. The summed E-state index contributed by atoms with van der Waals surface area (Å²) in [6, 6.07) is 1.51. The maximum absolute atomic E-state index is 9.46. The van der Waals surface area contributed by atoms with Crippen LogP contribution in [0.15, 0.2) is 12.3 Å². The number of nitrogens with one attached hydrogen (secondary N) is 2. The zero-order chi connectivity index (χ0) is 8.27. The van der Waals surface area contributed by atoms with Gasteiger partial charge in [-0.05, 0) is 24.8 Å². The predicted molar refractivity (Wildman–Crippen MR) is 42.0 cm³/mol. The number of aromatic amines is 1. The molecule has 1 rings (SSSR count). The lowest BCUT2D eigenvalue weighted by atomic mass is 10.1. The number of aromatic nitrogens is 2. The van der Waals surface area contributed by atoms with E-state index in [0.717, 1.165) is 0 Å². The molecule has 0 aromatic carbocycles. The van der Waals surface area contributed by atoms with Gasteiger partial charge in [0.1, 0.15) is 6.10 Å². The molecule has 0 spiro atoms. The predicted octanol–water partition coefficient (Wildman–Crippen LogP) is 0.575. The molecule has 11 heavy (non-hydrogen) atoms. The average Bonchev–Trinajstić information content (AvgIpc) is 2.53. The largest absolute Gasteiger partial charge is 0.385 e. The number of hydrogen-bond donors (Lipinski definition) is 3. The highest BCUT2D eigenvalue weighted by Gasteiger charge is 2.15. The van der Waals surface area contributed by atoms with Crippen LogP contribution in [0, 0.1) is 0 Å². The normalized spacial score (nSPS) is 16.3. The van der Waals surface area contributed by atoms with Gasteiger partial charge in [-0.15, -0.1) is 0 Å². The molecule has 0 bridgehead atoms. The van der Waals surface area contributed by atoms with Gasteiger partial charge in [-0.1, -0.05) is 0 Å². The van der Waals surface area contributed by atoms with Crippen molar-refractivity contribution >= 4 is 11.8 Å². The molecule has 0 amide bonds. The molecule has 5 heteroatoms. The van der Waals surface area contributed by atoms with E-state index < -0.39 is 6.10 Å². The Kier molecular flexibility index (Phi) is 2.87. The first kappa shape index (κ1) is 8.52. The summed E-state index contributed by atoms with van der Waals surface area (Å²) in [4.78, 5) is 2.43. The smallest absolute Gasteiger partial charge is 0.112 e. The number of nitrogens with zero attached hydrogens (tertiary/aromatic N) is 1. The molecule has 1 aromatic rings. The molecule has 0 aliphatic heterocycles. The first-order valence-corrected chi connectivity index (χ1v) is 3.67. The topological polar surface area (TPSA) is 60.9 Å². The van der Waals surface area contributed by atoms with E-state index in [-0.39, 0.29) is 6.04 Å². The maximum atomic E-state index is 9.46. The highest BCUT2D eigenvalue weighted by molar-refractivity contribution is 6.13. The fraction of sp³-hybridized carbons (Fsp3) is 0.500. The minimum absolute atomic E-state index is 0.197. The molecule has 2 atom stereocenters. The maximum Gasteiger partial charge on any atom is 0.112 e. The lowest BCUT2D eigenvalue weighted by molar-refractivity contribution is 0.142. The van der Waals surface area contributed by atoms with E-state index in [2.05, 4.69) is 15.0 Å². The van der Waals surface area contributed by atoms with E-state index in [1.807, 2.05) is 0 Å². The summed E-state index contributed by atoms with van der Waals surface area (Å²) in [6.45, 7) is 1.78. The summed E-state index contributed by atoms with van der Waals surface area (Å²) in [5.41, 5.74) is 0.658. The number of rotatable bonds is 3. The van der Waals surface area contributed by atoms with Crippen molar-refractivity contribution in [3.8, 4) is 0 Å². The molecular formula is C6H10ClN3O. The highest BCUT2D eigenvalue weighted by atomic mass is 35.5. The minimum atomic E-state index is -0.644. The average molecular weight is 176 g/mol. The Balaban J connectivity index is 2.62. The van der Waals surface area contributed by atoms with Crippen LogP contribution in [0.3, 0.4) is 0 Å². The van der Waals surface area contributed by atoms with Gasteiger partial charge in [0, 0.05) is 6.20 Å². The monoisotopic (exact) mass is 175 g/mol.